The maximum Gasteiger partial charge on any atom is 0.180 e. The van der Waals surface area contributed by atoms with Crippen LogP contribution in [0.25, 0.3) is 0 Å². The molecular formula is C13H18N4O3. The average Bonchev–Trinajstić information content (AvgIpc) is 3.19. The predicted octanol–water partition coefficient (Wildman–Crippen LogP) is 0.827. The molecule has 0 bridgehead atoms. The Morgan fingerprint density at radius 1 is 1.50 bits per heavy atom. The maximum absolute atomic E-state index is 5.93. The van der Waals surface area contributed by atoms with E-state index in [1.807, 2.05) is 17.8 Å². The minimum atomic E-state index is -0.0172. The fourth-order valence-electron chi connectivity index (χ4n) is 2.15. The first kappa shape index (κ1) is 13.1. The van der Waals surface area contributed by atoms with Gasteiger partial charge in [0.15, 0.2) is 12.1 Å². The van der Waals surface area contributed by atoms with E-state index in [9.17, 15) is 0 Å². The van der Waals surface area contributed by atoms with E-state index in [4.69, 9.17) is 13.9 Å². The number of hydrogen-bond donors (Lipinski definition) is 1. The first-order valence-corrected chi connectivity index (χ1v) is 6.72. The molecule has 0 aliphatic carbocycles. The molecule has 20 heavy (non-hydrogen) atoms. The van der Waals surface area contributed by atoms with Crippen LogP contribution in [0.2, 0.25) is 0 Å². The molecule has 0 unspecified atom stereocenters. The third-order valence-corrected chi connectivity index (χ3v) is 3.28. The summed E-state index contributed by atoms with van der Waals surface area (Å²) in [5.41, 5.74) is 0.870. The Labute approximate surface area is 116 Å². The standard InChI is InChI=1S/C13H18N4O3/c1-2-17-5-11(4-16-17)20-13-8-18-7-12(13)14-3-10-6-19-9-15-10/h4-6,9,12-14H,2-3,7-8H2,1H3/t12-,13+/m0/s1. The van der Waals surface area contributed by atoms with Crippen molar-refractivity contribution in [3.05, 3.63) is 30.7 Å². The molecule has 0 amide bonds. The van der Waals surface area contributed by atoms with Gasteiger partial charge in [-0.2, -0.15) is 5.10 Å². The number of nitrogens with zero attached hydrogens (tertiary/aromatic N) is 3. The van der Waals surface area contributed by atoms with Gasteiger partial charge in [0, 0.05) is 13.1 Å². The summed E-state index contributed by atoms with van der Waals surface area (Å²) in [5, 5.41) is 7.57. The largest absolute Gasteiger partial charge is 0.483 e. The molecule has 3 rings (SSSR count). The summed E-state index contributed by atoms with van der Waals surface area (Å²) in [6.07, 6.45) is 6.67. The lowest BCUT2D eigenvalue weighted by atomic mass is 10.2. The van der Waals surface area contributed by atoms with E-state index in [0.717, 1.165) is 18.0 Å². The van der Waals surface area contributed by atoms with Crippen LogP contribution >= 0.6 is 0 Å². The smallest absolute Gasteiger partial charge is 0.180 e. The molecule has 1 aliphatic rings. The predicted molar refractivity (Wildman–Crippen MR) is 70.3 cm³/mol. The Bertz CT molecular complexity index is 525. The topological polar surface area (TPSA) is 74.3 Å². The Hall–Kier alpha value is -1.86. The minimum Gasteiger partial charge on any atom is -0.483 e. The van der Waals surface area contributed by atoms with Crippen molar-refractivity contribution in [2.75, 3.05) is 13.2 Å². The highest BCUT2D eigenvalue weighted by molar-refractivity contribution is 5.13. The second-order valence-electron chi connectivity index (χ2n) is 4.69. The van der Waals surface area contributed by atoms with Gasteiger partial charge >= 0.3 is 0 Å². The fourth-order valence-corrected chi connectivity index (χ4v) is 2.15. The zero-order valence-corrected chi connectivity index (χ0v) is 11.4. The molecule has 1 aliphatic heterocycles. The van der Waals surface area contributed by atoms with Gasteiger partial charge in [-0.3, -0.25) is 4.68 Å². The highest BCUT2D eigenvalue weighted by Gasteiger charge is 2.30. The van der Waals surface area contributed by atoms with Crippen LogP contribution in [0.5, 0.6) is 5.75 Å². The van der Waals surface area contributed by atoms with Crippen molar-refractivity contribution in [2.24, 2.45) is 0 Å². The molecule has 0 aromatic carbocycles. The van der Waals surface area contributed by atoms with Crippen molar-refractivity contribution < 1.29 is 13.9 Å². The summed E-state index contributed by atoms with van der Waals surface area (Å²) in [4.78, 5) is 4.08. The number of aryl methyl sites for hydroxylation is 1. The third kappa shape index (κ3) is 3.00. The second-order valence-corrected chi connectivity index (χ2v) is 4.69. The number of ether oxygens (including phenoxy) is 2. The molecule has 7 heteroatoms. The lowest BCUT2D eigenvalue weighted by Crippen LogP contribution is -2.41. The molecule has 1 N–H and O–H groups in total. The van der Waals surface area contributed by atoms with Crippen molar-refractivity contribution >= 4 is 0 Å². The molecule has 1 saturated heterocycles. The SMILES string of the molecule is CCn1cc(O[C@@H]2COC[C@@H]2NCc2cocn2)cn1. The first-order chi connectivity index (χ1) is 9.85. The molecule has 3 heterocycles. The summed E-state index contributed by atoms with van der Waals surface area (Å²) in [6.45, 7) is 4.72. The van der Waals surface area contributed by atoms with Crippen LogP contribution in [0.4, 0.5) is 0 Å². The van der Waals surface area contributed by atoms with Crippen LogP contribution in [0.15, 0.2) is 29.5 Å². The zero-order valence-electron chi connectivity index (χ0n) is 11.4. The van der Waals surface area contributed by atoms with Crippen LogP contribution < -0.4 is 10.1 Å². The molecule has 2 atom stereocenters. The van der Waals surface area contributed by atoms with Crippen LogP contribution in [-0.4, -0.2) is 40.1 Å². The molecule has 7 nitrogen and oxygen atoms in total. The van der Waals surface area contributed by atoms with E-state index >= 15 is 0 Å². The van der Waals surface area contributed by atoms with Crippen LogP contribution in [-0.2, 0) is 17.8 Å². The van der Waals surface area contributed by atoms with Crippen molar-refractivity contribution in [2.45, 2.75) is 32.2 Å². The van der Waals surface area contributed by atoms with Crippen LogP contribution in [0.1, 0.15) is 12.6 Å². The van der Waals surface area contributed by atoms with E-state index in [1.165, 1.54) is 6.39 Å². The monoisotopic (exact) mass is 278 g/mol. The van der Waals surface area contributed by atoms with Crippen molar-refractivity contribution in [1.82, 2.24) is 20.1 Å². The summed E-state index contributed by atoms with van der Waals surface area (Å²) in [6, 6.07) is 0.136. The highest BCUT2D eigenvalue weighted by atomic mass is 16.5. The Kier molecular flexibility index (Phi) is 3.98. The molecule has 2 aromatic heterocycles. The molecule has 1 fully saturated rings. The molecule has 0 spiro atoms. The van der Waals surface area contributed by atoms with Crippen LogP contribution in [0.3, 0.4) is 0 Å². The third-order valence-electron chi connectivity index (χ3n) is 3.28. The number of oxazole rings is 1. The van der Waals surface area contributed by atoms with Gasteiger partial charge in [-0.05, 0) is 6.92 Å². The Morgan fingerprint density at radius 3 is 3.20 bits per heavy atom. The van der Waals surface area contributed by atoms with E-state index < -0.39 is 0 Å². The summed E-state index contributed by atoms with van der Waals surface area (Å²) in [5.74, 6) is 0.774. The number of hydrogen-bond acceptors (Lipinski definition) is 6. The Balaban J connectivity index is 1.55. The van der Waals surface area contributed by atoms with Gasteiger partial charge < -0.3 is 19.2 Å². The lowest BCUT2D eigenvalue weighted by molar-refractivity contribution is 0.139. The van der Waals surface area contributed by atoms with E-state index in [2.05, 4.69) is 15.4 Å². The lowest BCUT2D eigenvalue weighted by Gasteiger charge is -2.19. The molecular weight excluding hydrogens is 260 g/mol. The molecule has 108 valence electrons. The van der Waals surface area contributed by atoms with Gasteiger partial charge in [0.2, 0.25) is 0 Å². The maximum atomic E-state index is 5.93. The second kappa shape index (κ2) is 6.06. The van der Waals surface area contributed by atoms with Gasteiger partial charge in [0.05, 0.1) is 37.3 Å². The molecule has 0 saturated carbocycles. The summed E-state index contributed by atoms with van der Waals surface area (Å²) >= 11 is 0. The van der Waals surface area contributed by atoms with E-state index in [1.54, 1.807) is 12.5 Å². The summed E-state index contributed by atoms with van der Waals surface area (Å²) < 4.78 is 18.2. The van der Waals surface area contributed by atoms with Crippen molar-refractivity contribution in [1.29, 1.82) is 0 Å². The van der Waals surface area contributed by atoms with E-state index in [0.29, 0.717) is 19.8 Å². The van der Waals surface area contributed by atoms with Gasteiger partial charge in [-0.1, -0.05) is 0 Å². The Morgan fingerprint density at radius 2 is 2.45 bits per heavy atom. The summed E-state index contributed by atoms with van der Waals surface area (Å²) in [7, 11) is 0. The van der Waals surface area contributed by atoms with Gasteiger partial charge in [-0.15, -0.1) is 0 Å². The van der Waals surface area contributed by atoms with Crippen molar-refractivity contribution in [3.8, 4) is 5.75 Å². The van der Waals surface area contributed by atoms with Crippen LogP contribution in [0, 0.1) is 0 Å². The molecule has 2 aromatic rings. The molecule has 0 radical (unpaired) electrons. The van der Waals surface area contributed by atoms with Gasteiger partial charge in [-0.25, -0.2) is 4.98 Å². The first-order valence-electron chi connectivity index (χ1n) is 6.72. The number of aromatic nitrogens is 3. The van der Waals surface area contributed by atoms with Gasteiger partial charge in [0.1, 0.15) is 12.4 Å². The average molecular weight is 278 g/mol. The van der Waals surface area contributed by atoms with E-state index in [-0.39, 0.29) is 12.1 Å². The van der Waals surface area contributed by atoms with Crippen molar-refractivity contribution in [3.63, 3.8) is 0 Å². The minimum absolute atomic E-state index is 0.0172. The van der Waals surface area contributed by atoms with Gasteiger partial charge in [0.25, 0.3) is 0 Å². The zero-order chi connectivity index (χ0) is 13.8. The normalized spacial score (nSPS) is 22.2. The number of rotatable bonds is 6. The quantitative estimate of drug-likeness (QED) is 0.843. The number of nitrogens with one attached hydrogen (secondary N) is 1. The fraction of sp³-hybridized carbons (Fsp3) is 0.538. The highest BCUT2D eigenvalue weighted by Crippen LogP contribution is 2.16.